The molecule has 0 fully saturated rings. The van der Waals surface area contributed by atoms with Crippen molar-refractivity contribution in [3.05, 3.63) is 158 Å². The molecule has 0 aromatic carbocycles. The second kappa shape index (κ2) is 69.0. The third-order valence-corrected chi connectivity index (χ3v) is 16.0. The molecular formula is C80H134NO8P. The zero-order valence-electron chi connectivity index (χ0n) is 58.3. The number of allylic oxidation sites excluding steroid dienone is 26. The Kier molecular flexibility index (Phi) is 65.6. The summed E-state index contributed by atoms with van der Waals surface area (Å²) in [5.41, 5.74) is 0. The summed E-state index contributed by atoms with van der Waals surface area (Å²) in [7, 11) is 1.14. The monoisotopic (exact) mass is 1270 g/mol. The largest absolute Gasteiger partial charge is 0.756 e. The average molecular weight is 1270 g/mol. The van der Waals surface area contributed by atoms with Crippen molar-refractivity contribution in [2.45, 2.75) is 290 Å². The first kappa shape index (κ1) is 85.6. The van der Waals surface area contributed by atoms with Crippen LogP contribution in [0.1, 0.15) is 284 Å². The number of ether oxygens (including phenoxy) is 2. The van der Waals surface area contributed by atoms with Gasteiger partial charge in [-0.25, -0.2) is 0 Å². The fourth-order valence-electron chi connectivity index (χ4n) is 9.52. The fourth-order valence-corrected chi connectivity index (χ4v) is 10.2. The fraction of sp³-hybridized carbons (Fsp3) is 0.650. The van der Waals surface area contributed by atoms with Crippen molar-refractivity contribution in [2.75, 3.05) is 47.5 Å². The molecule has 0 aliphatic rings. The molecule has 0 N–H and O–H groups in total. The summed E-state index contributed by atoms with van der Waals surface area (Å²) >= 11 is 0. The summed E-state index contributed by atoms with van der Waals surface area (Å²) in [5, 5.41) is 0. The van der Waals surface area contributed by atoms with E-state index in [4.69, 9.17) is 18.5 Å². The molecule has 0 rings (SSSR count). The number of hydrogen-bond acceptors (Lipinski definition) is 8. The lowest BCUT2D eigenvalue weighted by atomic mass is 10.0. The normalized spacial score (nSPS) is 14.1. The maximum atomic E-state index is 12.9. The Hall–Kier alpha value is -4.37. The van der Waals surface area contributed by atoms with E-state index >= 15 is 0 Å². The number of carbonyl (C=O) groups excluding carboxylic acids is 2. The molecule has 512 valence electrons. The van der Waals surface area contributed by atoms with E-state index in [2.05, 4.69) is 172 Å². The highest BCUT2D eigenvalue weighted by Crippen LogP contribution is 2.38. The number of phosphoric acid groups is 1. The summed E-state index contributed by atoms with van der Waals surface area (Å²) in [6.07, 6.45) is 103. The third kappa shape index (κ3) is 72.7. The van der Waals surface area contributed by atoms with Gasteiger partial charge in [-0.2, -0.15) is 0 Å². The van der Waals surface area contributed by atoms with Gasteiger partial charge in [0.25, 0.3) is 7.82 Å². The van der Waals surface area contributed by atoms with E-state index in [-0.39, 0.29) is 26.1 Å². The van der Waals surface area contributed by atoms with Gasteiger partial charge in [0.1, 0.15) is 19.8 Å². The highest BCUT2D eigenvalue weighted by atomic mass is 31.2. The van der Waals surface area contributed by atoms with Crippen molar-refractivity contribution in [3.8, 4) is 0 Å². The van der Waals surface area contributed by atoms with Crippen LogP contribution in [-0.2, 0) is 32.7 Å². The lowest BCUT2D eigenvalue weighted by Crippen LogP contribution is -2.37. The van der Waals surface area contributed by atoms with Crippen LogP contribution in [0.5, 0.6) is 0 Å². The van der Waals surface area contributed by atoms with Crippen molar-refractivity contribution >= 4 is 19.8 Å². The molecule has 0 aliphatic carbocycles. The van der Waals surface area contributed by atoms with Gasteiger partial charge in [-0.05, 0) is 128 Å². The minimum atomic E-state index is -4.66. The second-order valence-electron chi connectivity index (χ2n) is 24.9. The van der Waals surface area contributed by atoms with Crippen LogP contribution in [0, 0.1) is 0 Å². The highest BCUT2D eigenvalue weighted by Gasteiger charge is 2.22. The summed E-state index contributed by atoms with van der Waals surface area (Å²) < 4.78 is 34.3. The van der Waals surface area contributed by atoms with E-state index < -0.39 is 32.5 Å². The smallest absolute Gasteiger partial charge is 0.306 e. The zero-order valence-corrected chi connectivity index (χ0v) is 59.2. The molecule has 0 spiro atoms. The van der Waals surface area contributed by atoms with Crippen LogP contribution in [0.25, 0.3) is 0 Å². The quantitative estimate of drug-likeness (QED) is 0.0195. The first-order chi connectivity index (χ1) is 44.0. The number of rotatable bonds is 65. The van der Waals surface area contributed by atoms with Gasteiger partial charge in [-0.15, -0.1) is 0 Å². The number of nitrogens with zero attached hydrogens (tertiary/aromatic N) is 1. The Morgan fingerprint density at radius 1 is 0.356 bits per heavy atom. The lowest BCUT2D eigenvalue weighted by molar-refractivity contribution is -0.870. The van der Waals surface area contributed by atoms with Crippen molar-refractivity contribution in [1.82, 2.24) is 0 Å². The summed E-state index contributed by atoms with van der Waals surface area (Å²) in [4.78, 5) is 38.1. The Balaban J connectivity index is 4.14. The van der Waals surface area contributed by atoms with Crippen LogP contribution in [0.4, 0.5) is 0 Å². The Labute approximate surface area is 554 Å². The molecule has 0 aromatic heterocycles. The van der Waals surface area contributed by atoms with Gasteiger partial charge in [0, 0.05) is 12.8 Å². The van der Waals surface area contributed by atoms with Crippen LogP contribution in [0.2, 0.25) is 0 Å². The number of phosphoric ester groups is 1. The van der Waals surface area contributed by atoms with E-state index in [1.165, 1.54) is 116 Å². The van der Waals surface area contributed by atoms with Gasteiger partial charge < -0.3 is 27.9 Å². The lowest BCUT2D eigenvalue weighted by Gasteiger charge is -2.28. The van der Waals surface area contributed by atoms with Crippen LogP contribution in [0.15, 0.2) is 158 Å². The van der Waals surface area contributed by atoms with E-state index in [0.29, 0.717) is 17.4 Å². The van der Waals surface area contributed by atoms with Crippen LogP contribution in [-0.4, -0.2) is 70.0 Å². The van der Waals surface area contributed by atoms with Crippen molar-refractivity contribution in [1.29, 1.82) is 0 Å². The molecule has 0 amide bonds. The number of carbonyl (C=O) groups is 2. The Morgan fingerprint density at radius 2 is 0.633 bits per heavy atom. The second-order valence-corrected chi connectivity index (χ2v) is 26.3. The molecule has 2 unspecified atom stereocenters. The Morgan fingerprint density at radius 3 is 0.944 bits per heavy atom. The zero-order chi connectivity index (χ0) is 65.5. The van der Waals surface area contributed by atoms with E-state index in [1.807, 2.05) is 21.1 Å². The number of unbranched alkanes of at least 4 members (excludes halogenated alkanes) is 25. The summed E-state index contributed by atoms with van der Waals surface area (Å²) in [6.45, 7) is 4.10. The van der Waals surface area contributed by atoms with Crippen molar-refractivity contribution < 1.29 is 42.1 Å². The molecule has 0 bridgehead atoms. The summed E-state index contributed by atoms with van der Waals surface area (Å²) in [5.74, 6) is -0.856. The minimum Gasteiger partial charge on any atom is -0.756 e. The van der Waals surface area contributed by atoms with E-state index in [9.17, 15) is 19.0 Å². The topological polar surface area (TPSA) is 111 Å². The first-order valence-electron chi connectivity index (χ1n) is 36.2. The van der Waals surface area contributed by atoms with Crippen LogP contribution >= 0.6 is 7.82 Å². The molecule has 0 saturated carbocycles. The molecule has 0 aromatic rings. The molecule has 0 heterocycles. The average Bonchev–Trinajstić information content (AvgIpc) is 3.58. The molecule has 0 radical (unpaired) electrons. The SMILES string of the molecule is CC/C=C\C/C=C\C/C=C\C/C=C\C/C=C\C/C=C\C/C=C\C/C=C\C/C=C\C/C=C\CCCCCCCCC(=O)OC(COC(=O)CCCCCCCCCCCCCCCC/C=C\C/C=C\C/C=C\CCCCCCC)COP(=O)([O-])OCC[N+](C)(C)C. The van der Waals surface area contributed by atoms with Gasteiger partial charge in [0.05, 0.1) is 27.7 Å². The maximum absolute atomic E-state index is 12.9. The Bertz CT molecular complexity index is 2080. The molecule has 9 nitrogen and oxygen atoms in total. The molecule has 0 saturated heterocycles. The van der Waals surface area contributed by atoms with Gasteiger partial charge in [-0.1, -0.05) is 300 Å². The predicted molar refractivity (Wildman–Crippen MR) is 387 cm³/mol. The summed E-state index contributed by atoms with van der Waals surface area (Å²) in [6, 6.07) is 0. The van der Waals surface area contributed by atoms with Gasteiger partial charge in [0.2, 0.25) is 0 Å². The van der Waals surface area contributed by atoms with Crippen molar-refractivity contribution in [3.63, 3.8) is 0 Å². The van der Waals surface area contributed by atoms with Gasteiger partial charge >= 0.3 is 11.9 Å². The molecule has 10 heteroatoms. The molecule has 0 aliphatic heterocycles. The predicted octanol–water partition coefficient (Wildman–Crippen LogP) is 23.3. The number of esters is 2. The molecule has 2 atom stereocenters. The maximum Gasteiger partial charge on any atom is 0.306 e. The minimum absolute atomic E-state index is 0.0417. The van der Waals surface area contributed by atoms with Gasteiger partial charge in [-0.3, -0.25) is 14.2 Å². The van der Waals surface area contributed by atoms with E-state index in [1.54, 1.807) is 0 Å². The number of quaternary nitrogens is 1. The van der Waals surface area contributed by atoms with Crippen LogP contribution < -0.4 is 4.89 Å². The highest BCUT2D eigenvalue weighted by molar-refractivity contribution is 7.45. The molecular weight excluding hydrogens is 1130 g/mol. The van der Waals surface area contributed by atoms with Gasteiger partial charge in [0.15, 0.2) is 6.10 Å². The first-order valence-corrected chi connectivity index (χ1v) is 37.7. The van der Waals surface area contributed by atoms with Crippen molar-refractivity contribution in [2.24, 2.45) is 0 Å². The van der Waals surface area contributed by atoms with E-state index in [0.717, 1.165) is 135 Å². The third-order valence-electron chi connectivity index (χ3n) is 15.0. The number of hydrogen-bond donors (Lipinski definition) is 0. The van der Waals surface area contributed by atoms with Crippen LogP contribution in [0.3, 0.4) is 0 Å². The number of likely N-dealkylation sites (N-methyl/N-ethyl adjacent to an activating group) is 1. The molecule has 90 heavy (non-hydrogen) atoms. The standard InChI is InChI=1S/C80H134NO8P/c1-6-8-10-12-14-16-18-20-22-24-26-28-30-32-34-36-37-38-39-40-41-42-43-45-47-49-51-53-55-57-59-61-63-65-67-69-71-73-80(83)89-78(77-88-90(84,85)87-75-74-81(3,4)5)76-86-79(82)72-70-68-66-64-62-60-58-56-54-52-50-48-46-44-35-33-31-29-27-25-23-21-19-17-15-13-11-9-7-2/h8,10,14,16,19-22,25-28,31-34,37-38,40-41,43,45,49,51,55,57,78H,6-7,9,11-13,15,17-18,23-24,29-30,35-36,39,42,44,46-48,50,52-54,56,58-77H2,1-5H3/b10-8-,16-14-,21-19-,22-20-,27-25-,28-26-,33-31-,34-32-,38-37-,41-40-,45-43-,51-49-,57-55-.